The number of fused-ring (bicyclic) bond motifs is 1. The van der Waals surface area contributed by atoms with E-state index >= 15 is 0 Å². The van der Waals surface area contributed by atoms with Gasteiger partial charge >= 0.3 is 0 Å². The fourth-order valence-corrected chi connectivity index (χ4v) is 5.28. The van der Waals surface area contributed by atoms with Gasteiger partial charge in [-0.25, -0.2) is 13.2 Å². The summed E-state index contributed by atoms with van der Waals surface area (Å²) in [5, 5.41) is 3.80. The monoisotopic (exact) mass is 533 g/mol. The molecule has 202 valence electrons. The normalized spacial score (nSPS) is 14.4. The number of benzene rings is 3. The van der Waals surface area contributed by atoms with Crippen LogP contribution in [-0.4, -0.2) is 37.2 Å². The summed E-state index contributed by atoms with van der Waals surface area (Å²) in [5.74, 6) is -3.59. The van der Waals surface area contributed by atoms with Crippen molar-refractivity contribution in [1.29, 1.82) is 0 Å². The van der Waals surface area contributed by atoms with Crippen LogP contribution >= 0.6 is 0 Å². The molecule has 1 N–H and O–H groups in total. The van der Waals surface area contributed by atoms with Crippen LogP contribution in [0, 0.1) is 24.4 Å². The molecule has 1 aliphatic heterocycles. The number of carbonyl (C=O) groups excluding carboxylic acids is 1. The van der Waals surface area contributed by atoms with Gasteiger partial charge in [0.2, 0.25) is 0 Å². The second-order valence-electron chi connectivity index (χ2n) is 9.74. The highest BCUT2D eigenvalue weighted by Gasteiger charge is 2.26. The first-order chi connectivity index (χ1) is 18.9. The summed E-state index contributed by atoms with van der Waals surface area (Å²) in [4.78, 5) is 20.5. The molecule has 39 heavy (non-hydrogen) atoms. The van der Waals surface area contributed by atoms with Crippen molar-refractivity contribution >= 4 is 22.5 Å². The highest BCUT2D eigenvalue weighted by atomic mass is 19.2. The number of hydrogen-bond acceptors (Lipinski definition) is 4. The Balaban J connectivity index is 1.64. The molecule has 1 unspecified atom stereocenters. The van der Waals surface area contributed by atoms with E-state index in [1.165, 1.54) is 6.20 Å². The van der Waals surface area contributed by atoms with Crippen LogP contribution in [0.3, 0.4) is 0 Å². The molecule has 1 saturated heterocycles. The van der Waals surface area contributed by atoms with Gasteiger partial charge < -0.3 is 15.0 Å². The molecule has 1 atom stereocenters. The van der Waals surface area contributed by atoms with Gasteiger partial charge in [-0.3, -0.25) is 9.78 Å². The SMILES string of the molecule is CCCC(NC(=O)c1cnc2c(-c3cc(F)cc(F)c3F)cccc2c1N1CCOCC1)c1ccccc1C. The first-order valence-corrected chi connectivity index (χ1v) is 13.1. The minimum Gasteiger partial charge on any atom is -0.378 e. The third-order valence-electron chi connectivity index (χ3n) is 7.17. The van der Waals surface area contributed by atoms with E-state index in [-0.39, 0.29) is 23.1 Å². The molecule has 1 fully saturated rings. The average Bonchev–Trinajstić information content (AvgIpc) is 2.94. The van der Waals surface area contributed by atoms with Crippen LogP contribution in [0.1, 0.15) is 47.3 Å². The Labute approximate surface area is 225 Å². The number of nitrogens with zero attached hydrogens (tertiary/aromatic N) is 2. The van der Waals surface area contributed by atoms with E-state index in [9.17, 15) is 18.0 Å². The predicted molar refractivity (Wildman–Crippen MR) is 146 cm³/mol. The molecule has 1 aliphatic rings. The van der Waals surface area contributed by atoms with Gasteiger partial charge in [0.05, 0.1) is 36.0 Å². The maximum Gasteiger partial charge on any atom is 0.255 e. The van der Waals surface area contributed by atoms with Crippen molar-refractivity contribution < 1.29 is 22.7 Å². The van der Waals surface area contributed by atoms with E-state index in [1.807, 2.05) is 31.2 Å². The Bertz CT molecular complexity index is 1520. The van der Waals surface area contributed by atoms with Gasteiger partial charge in [0.1, 0.15) is 5.82 Å². The molecule has 5 nitrogen and oxygen atoms in total. The molecule has 0 bridgehead atoms. The molecular weight excluding hydrogens is 503 g/mol. The van der Waals surface area contributed by atoms with E-state index in [1.54, 1.807) is 18.2 Å². The smallest absolute Gasteiger partial charge is 0.255 e. The van der Waals surface area contributed by atoms with Crippen LogP contribution < -0.4 is 10.2 Å². The van der Waals surface area contributed by atoms with Crippen molar-refractivity contribution in [1.82, 2.24) is 10.3 Å². The number of anilines is 1. The molecule has 1 amide bonds. The predicted octanol–water partition coefficient (Wildman–Crippen LogP) is 6.74. The molecule has 0 radical (unpaired) electrons. The standard InChI is InChI=1S/C31H30F3N3O2/c1-3-7-27(21-9-5-4-8-19(21)2)36-31(38)25-18-35-29-22(24-16-20(32)17-26(33)28(24)34)10-6-11-23(29)30(25)37-12-14-39-15-13-37/h4-6,8-11,16-18,27H,3,7,12-15H2,1-2H3,(H,36,38). The van der Waals surface area contributed by atoms with Crippen molar-refractivity contribution in [2.45, 2.75) is 32.7 Å². The number of para-hydroxylation sites is 1. The number of aromatic nitrogens is 1. The summed E-state index contributed by atoms with van der Waals surface area (Å²) in [6.07, 6.45) is 3.12. The van der Waals surface area contributed by atoms with Gasteiger partial charge in [-0.15, -0.1) is 0 Å². The Morgan fingerprint density at radius 1 is 1.05 bits per heavy atom. The third kappa shape index (κ3) is 5.34. The molecule has 1 aromatic heterocycles. The van der Waals surface area contributed by atoms with Crippen LogP contribution in [0.4, 0.5) is 18.9 Å². The number of halogens is 3. The van der Waals surface area contributed by atoms with Crippen LogP contribution in [0.5, 0.6) is 0 Å². The Morgan fingerprint density at radius 2 is 1.82 bits per heavy atom. The van der Waals surface area contributed by atoms with Gasteiger partial charge in [0.15, 0.2) is 11.6 Å². The molecule has 3 aromatic carbocycles. The summed E-state index contributed by atoms with van der Waals surface area (Å²) in [6, 6.07) is 14.3. The lowest BCUT2D eigenvalue weighted by Gasteiger charge is -2.32. The van der Waals surface area contributed by atoms with Crippen LogP contribution in [-0.2, 0) is 4.74 Å². The van der Waals surface area contributed by atoms with E-state index in [2.05, 4.69) is 22.1 Å². The van der Waals surface area contributed by atoms with Crippen molar-refractivity contribution in [3.63, 3.8) is 0 Å². The highest BCUT2D eigenvalue weighted by Crippen LogP contribution is 2.37. The first kappa shape index (κ1) is 26.7. The number of amides is 1. The number of aryl methyl sites for hydroxylation is 1. The molecule has 4 aromatic rings. The van der Waals surface area contributed by atoms with Gasteiger partial charge in [-0.05, 0) is 30.5 Å². The maximum atomic E-state index is 14.8. The zero-order chi connectivity index (χ0) is 27.5. The van der Waals surface area contributed by atoms with Gasteiger partial charge in [0, 0.05) is 41.9 Å². The number of pyridine rings is 1. The van der Waals surface area contributed by atoms with E-state index < -0.39 is 17.5 Å². The number of nitrogens with one attached hydrogen (secondary N) is 1. The second-order valence-corrected chi connectivity index (χ2v) is 9.74. The number of ether oxygens (including phenoxy) is 1. The van der Waals surface area contributed by atoms with Crippen LogP contribution in [0.2, 0.25) is 0 Å². The zero-order valence-corrected chi connectivity index (χ0v) is 21.9. The third-order valence-corrected chi connectivity index (χ3v) is 7.17. The summed E-state index contributed by atoms with van der Waals surface area (Å²) in [7, 11) is 0. The van der Waals surface area contributed by atoms with E-state index in [0.29, 0.717) is 54.5 Å². The Kier molecular flexibility index (Phi) is 7.84. The number of morpholine rings is 1. The molecular formula is C31H30F3N3O2. The number of hydrogen-bond donors (Lipinski definition) is 1. The van der Waals surface area contributed by atoms with Crippen LogP contribution in [0.25, 0.3) is 22.0 Å². The molecule has 5 rings (SSSR count). The van der Waals surface area contributed by atoms with Gasteiger partial charge in [-0.1, -0.05) is 55.8 Å². The van der Waals surface area contributed by atoms with Crippen molar-refractivity contribution in [2.24, 2.45) is 0 Å². The lowest BCUT2D eigenvalue weighted by atomic mass is 9.96. The van der Waals surface area contributed by atoms with Crippen LogP contribution in [0.15, 0.2) is 60.8 Å². The summed E-state index contributed by atoms with van der Waals surface area (Å²) in [5.41, 5.74) is 3.54. The summed E-state index contributed by atoms with van der Waals surface area (Å²) in [6.45, 7) is 6.15. The maximum absolute atomic E-state index is 14.8. The fourth-order valence-electron chi connectivity index (χ4n) is 5.28. The minimum absolute atomic E-state index is 0.187. The van der Waals surface area contributed by atoms with Gasteiger partial charge in [-0.2, -0.15) is 0 Å². The minimum atomic E-state index is -1.27. The van der Waals surface area contributed by atoms with E-state index in [0.717, 1.165) is 30.0 Å². The number of carbonyl (C=O) groups is 1. The quantitative estimate of drug-likeness (QED) is 0.268. The van der Waals surface area contributed by atoms with E-state index in [4.69, 9.17) is 4.74 Å². The molecule has 0 aliphatic carbocycles. The molecule has 0 spiro atoms. The first-order valence-electron chi connectivity index (χ1n) is 13.1. The van der Waals surface area contributed by atoms with Crippen molar-refractivity contribution in [3.05, 3.63) is 94.9 Å². The largest absolute Gasteiger partial charge is 0.378 e. The lowest BCUT2D eigenvalue weighted by molar-refractivity contribution is 0.0933. The fraction of sp³-hybridized carbons (Fsp3) is 0.290. The average molecular weight is 534 g/mol. The van der Waals surface area contributed by atoms with Crippen molar-refractivity contribution in [3.8, 4) is 11.1 Å². The lowest BCUT2D eigenvalue weighted by Crippen LogP contribution is -2.38. The Hall–Kier alpha value is -3.91. The summed E-state index contributed by atoms with van der Waals surface area (Å²) < 4.78 is 48.5. The second kappa shape index (κ2) is 11.5. The number of rotatable bonds is 7. The zero-order valence-electron chi connectivity index (χ0n) is 21.9. The van der Waals surface area contributed by atoms with Crippen molar-refractivity contribution in [2.75, 3.05) is 31.2 Å². The highest BCUT2D eigenvalue weighted by molar-refractivity contribution is 6.10. The topological polar surface area (TPSA) is 54.5 Å². The molecule has 8 heteroatoms. The van der Waals surface area contributed by atoms with Gasteiger partial charge in [0.25, 0.3) is 5.91 Å². The Morgan fingerprint density at radius 3 is 2.56 bits per heavy atom. The summed E-state index contributed by atoms with van der Waals surface area (Å²) >= 11 is 0. The molecule has 0 saturated carbocycles. The molecule has 2 heterocycles.